The van der Waals surface area contributed by atoms with Crippen LogP contribution in [-0.4, -0.2) is 44.6 Å². The summed E-state index contributed by atoms with van der Waals surface area (Å²) in [6, 6.07) is 0. The monoisotopic (exact) mass is 240 g/mol. The highest BCUT2D eigenvalue weighted by Gasteiger charge is 2.29. The summed E-state index contributed by atoms with van der Waals surface area (Å²) in [5, 5.41) is 16.1. The predicted molar refractivity (Wildman–Crippen MR) is 58.2 cm³/mol. The summed E-state index contributed by atoms with van der Waals surface area (Å²) < 4.78 is 7.00. The zero-order valence-electron chi connectivity index (χ0n) is 9.67. The van der Waals surface area contributed by atoms with E-state index in [4.69, 9.17) is 9.84 Å². The Morgan fingerprint density at radius 3 is 3.12 bits per heavy atom. The lowest BCUT2D eigenvalue weighted by Crippen LogP contribution is -2.29. The van der Waals surface area contributed by atoms with Crippen LogP contribution < -0.4 is 5.32 Å². The molecule has 1 fully saturated rings. The lowest BCUT2D eigenvalue weighted by molar-refractivity contribution is -0.149. The number of aliphatic carboxylic acids is 1. The Balaban J connectivity index is 1.68. The molecular formula is C10H16N4O3. The first-order valence-corrected chi connectivity index (χ1v) is 5.58. The quantitative estimate of drug-likeness (QED) is 0.723. The predicted octanol–water partition coefficient (Wildman–Crippen LogP) is -0.463. The van der Waals surface area contributed by atoms with Crippen LogP contribution in [0.5, 0.6) is 0 Å². The van der Waals surface area contributed by atoms with Gasteiger partial charge in [0.2, 0.25) is 0 Å². The number of ether oxygens (including phenoxy) is 1. The van der Waals surface area contributed by atoms with Gasteiger partial charge in [-0.3, -0.25) is 4.68 Å². The number of nitrogens with one attached hydrogen (secondary N) is 1. The number of hydrogen-bond acceptors (Lipinski definition) is 5. The summed E-state index contributed by atoms with van der Waals surface area (Å²) in [5.41, 5.74) is 0. The van der Waals surface area contributed by atoms with Gasteiger partial charge >= 0.3 is 5.97 Å². The molecule has 0 amide bonds. The van der Waals surface area contributed by atoms with Crippen molar-refractivity contribution in [1.29, 1.82) is 0 Å². The van der Waals surface area contributed by atoms with Crippen LogP contribution in [0.15, 0.2) is 6.33 Å². The Bertz CT molecular complexity index is 393. The Hall–Kier alpha value is -1.47. The number of aromatic nitrogens is 3. The maximum absolute atomic E-state index is 10.7. The molecule has 2 unspecified atom stereocenters. The molecule has 2 atom stereocenters. The number of aryl methyl sites for hydroxylation is 1. The van der Waals surface area contributed by atoms with Crippen LogP contribution in [0.4, 0.5) is 0 Å². The average Bonchev–Trinajstić information content (AvgIpc) is 2.88. The molecule has 0 radical (unpaired) electrons. The SMILES string of the molecule is Cn1cnc(CNCC2CCC(C(=O)O)O2)n1. The highest BCUT2D eigenvalue weighted by Crippen LogP contribution is 2.19. The molecule has 7 nitrogen and oxygen atoms in total. The molecule has 1 aromatic rings. The molecule has 2 rings (SSSR count). The molecule has 1 saturated heterocycles. The van der Waals surface area contributed by atoms with Gasteiger partial charge < -0.3 is 15.2 Å². The molecule has 1 aliphatic rings. The van der Waals surface area contributed by atoms with Crippen molar-refractivity contribution in [2.75, 3.05) is 6.54 Å². The van der Waals surface area contributed by atoms with Gasteiger partial charge in [0.05, 0.1) is 12.6 Å². The van der Waals surface area contributed by atoms with Crippen molar-refractivity contribution in [3.63, 3.8) is 0 Å². The molecule has 7 heteroatoms. The minimum absolute atomic E-state index is 0.0280. The molecule has 0 aromatic carbocycles. The van der Waals surface area contributed by atoms with E-state index in [0.29, 0.717) is 19.5 Å². The van der Waals surface area contributed by atoms with Crippen molar-refractivity contribution in [3.05, 3.63) is 12.2 Å². The number of carbonyl (C=O) groups is 1. The molecule has 17 heavy (non-hydrogen) atoms. The van der Waals surface area contributed by atoms with Gasteiger partial charge in [0.15, 0.2) is 11.9 Å². The first-order chi connectivity index (χ1) is 8.15. The number of carboxylic acid groups (broad SMARTS) is 1. The maximum atomic E-state index is 10.7. The second-order valence-electron chi connectivity index (χ2n) is 4.13. The fourth-order valence-corrected chi connectivity index (χ4v) is 1.85. The fraction of sp³-hybridized carbons (Fsp3) is 0.700. The zero-order chi connectivity index (χ0) is 12.3. The van der Waals surface area contributed by atoms with Crippen molar-refractivity contribution in [2.45, 2.75) is 31.6 Å². The lowest BCUT2D eigenvalue weighted by atomic mass is 10.2. The Morgan fingerprint density at radius 1 is 1.71 bits per heavy atom. The van der Waals surface area contributed by atoms with E-state index in [0.717, 1.165) is 12.2 Å². The van der Waals surface area contributed by atoms with E-state index < -0.39 is 12.1 Å². The summed E-state index contributed by atoms with van der Waals surface area (Å²) in [6.07, 6.45) is 2.33. The second kappa shape index (κ2) is 5.24. The first-order valence-electron chi connectivity index (χ1n) is 5.58. The standard InChI is InChI=1S/C10H16N4O3/c1-14-6-12-9(13-14)5-11-4-7-2-3-8(17-7)10(15)16/h6-8,11H,2-5H2,1H3,(H,15,16). The smallest absolute Gasteiger partial charge is 0.332 e. The molecule has 0 spiro atoms. The van der Waals surface area contributed by atoms with Crippen LogP contribution in [0.1, 0.15) is 18.7 Å². The molecular weight excluding hydrogens is 224 g/mol. The van der Waals surface area contributed by atoms with Crippen LogP contribution >= 0.6 is 0 Å². The summed E-state index contributed by atoms with van der Waals surface area (Å²) in [4.78, 5) is 14.8. The van der Waals surface area contributed by atoms with Gasteiger partial charge in [-0.25, -0.2) is 9.78 Å². The van der Waals surface area contributed by atoms with Gasteiger partial charge in [0.25, 0.3) is 0 Å². The van der Waals surface area contributed by atoms with Gasteiger partial charge in [-0.15, -0.1) is 0 Å². The first kappa shape index (κ1) is 12.0. The van der Waals surface area contributed by atoms with E-state index in [2.05, 4.69) is 15.4 Å². The zero-order valence-corrected chi connectivity index (χ0v) is 9.67. The van der Waals surface area contributed by atoms with Crippen molar-refractivity contribution in [1.82, 2.24) is 20.1 Å². The van der Waals surface area contributed by atoms with E-state index in [1.165, 1.54) is 0 Å². The minimum Gasteiger partial charge on any atom is -0.479 e. The fourth-order valence-electron chi connectivity index (χ4n) is 1.85. The Morgan fingerprint density at radius 2 is 2.53 bits per heavy atom. The van der Waals surface area contributed by atoms with Gasteiger partial charge in [-0.1, -0.05) is 0 Å². The van der Waals surface area contributed by atoms with Crippen molar-refractivity contribution in [3.8, 4) is 0 Å². The van der Waals surface area contributed by atoms with Gasteiger partial charge in [0, 0.05) is 13.6 Å². The van der Waals surface area contributed by atoms with Gasteiger partial charge in [0.1, 0.15) is 6.33 Å². The molecule has 0 bridgehead atoms. The van der Waals surface area contributed by atoms with E-state index in [9.17, 15) is 4.79 Å². The minimum atomic E-state index is -0.876. The van der Waals surface area contributed by atoms with Gasteiger partial charge in [-0.2, -0.15) is 5.10 Å². The third-order valence-electron chi connectivity index (χ3n) is 2.69. The molecule has 94 valence electrons. The van der Waals surface area contributed by atoms with E-state index >= 15 is 0 Å². The van der Waals surface area contributed by atoms with Gasteiger partial charge in [-0.05, 0) is 12.8 Å². The molecule has 0 aliphatic carbocycles. The third-order valence-corrected chi connectivity index (χ3v) is 2.69. The molecule has 1 aliphatic heterocycles. The van der Waals surface area contributed by atoms with E-state index in [1.54, 1.807) is 11.0 Å². The lowest BCUT2D eigenvalue weighted by Gasteiger charge is -2.11. The maximum Gasteiger partial charge on any atom is 0.332 e. The number of nitrogens with zero attached hydrogens (tertiary/aromatic N) is 3. The van der Waals surface area contributed by atoms with E-state index in [1.807, 2.05) is 7.05 Å². The number of carboxylic acids is 1. The number of hydrogen-bond donors (Lipinski definition) is 2. The van der Waals surface area contributed by atoms with Crippen molar-refractivity contribution < 1.29 is 14.6 Å². The van der Waals surface area contributed by atoms with Crippen LogP contribution in [0, 0.1) is 0 Å². The average molecular weight is 240 g/mol. The topological polar surface area (TPSA) is 89.3 Å². The molecule has 0 saturated carbocycles. The Labute approximate surface area is 98.8 Å². The van der Waals surface area contributed by atoms with Crippen molar-refractivity contribution >= 4 is 5.97 Å². The summed E-state index contributed by atoms with van der Waals surface area (Å²) in [7, 11) is 1.81. The third kappa shape index (κ3) is 3.24. The van der Waals surface area contributed by atoms with Crippen LogP contribution in [-0.2, 0) is 23.1 Å². The summed E-state index contributed by atoms with van der Waals surface area (Å²) >= 11 is 0. The Kier molecular flexibility index (Phi) is 3.70. The van der Waals surface area contributed by atoms with Crippen LogP contribution in [0.25, 0.3) is 0 Å². The molecule has 2 heterocycles. The number of rotatable bonds is 5. The summed E-state index contributed by atoms with van der Waals surface area (Å²) in [5.74, 6) is -0.154. The molecule has 1 aromatic heterocycles. The van der Waals surface area contributed by atoms with E-state index in [-0.39, 0.29) is 6.10 Å². The van der Waals surface area contributed by atoms with Crippen LogP contribution in [0.3, 0.4) is 0 Å². The second-order valence-corrected chi connectivity index (χ2v) is 4.13. The van der Waals surface area contributed by atoms with Crippen LogP contribution in [0.2, 0.25) is 0 Å². The largest absolute Gasteiger partial charge is 0.479 e. The highest BCUT2D eigenvalue weighted by atomic mass is 16.5. The molecule has 2 N–H and O–H groups in total. The normalized spacial score (nSPS) is 24.1. The highest BCUT2D eigenvalue weighted by molar-refractivity contribution is 5.72. The summed E-state index contributed by atoms with van der Waals surface area (Å²) in [6.45, 7) is 1.19. The van der Waals surface area contributed by atoms with Crippen molar-refractivity contribution in [2.24, 2.45) is 7.05 Å².